The molecule has 0 bridgehead atoms. The van der Waals surface area contributed by atoms with Crippen LogP contribution < -0.4 is 9.86 Å². The molecule has 0 aliphatic heterocycles. The molecule has 0 aliphatic rings. The molecule has 3 rings (SSSR count). The first-order valence-electron chi connectivity index (χ1n) is 7.65. The third-order valence-corrected chi connectivity index (χ3v) is 5.84. The minimum atomic E-state index is -3.68. The lowest BCUT2D eigenvalue weighted by atomic mass is 10.1. The number of anilines is 1. The summed E-state index contributed by atoms with van der Waals surface area (Å²) in [6.45, 7) is 3.92. The fourth-order valence-electron chi connectivity index (χ4n) is 2.78. The van der Waals surface area contributed by atoms with Crippen LogP contribution in [0.1, 0.15) is 12.5 Å². The second kappa shape index (κ2) is 6.13. The van der Waals surface area contributed by atoms with Crippen molar-refractivity contribution in [2.75, 3.05) is 10.8 Å². The van der Waals surface area contributed by atoms with Crippen molar-refractivity contribution < 1.29 is 8.42 Å². The second-order valence-corrected chi connectivity index (χ2v) is 7.39. The van der Waals surface area contributed by atoms with Gasteiger partial charge in [0.1, 0.15) is 0 Å². The molecule has 0 aliphatic carbocycles. The summed E-state index contributed by atoms with van der Waals surface area (Å²) in [7, 11) is -3.68. The van der Waals surface area contributed by atoms with Crippen LogP contribution in [0.15, 0.2) is 64.3 Å². The average molecular weight is 342 g/mol. The molecule has 0 unspecified atom stereocenters. The average Bonchev–Trinajstić information content (AvgIpc) is 2.55. The summed E-state index contributed by atoms with van der Waals surface area (Å²) in [6.07, 6.45) is 0. The number of hydrogen-bond acceptors (Lipinski definition) is 3. The molecule has 0 saturated heterocycles. The molecule has 0 fully saturated rings. The highest BCUT2D eigenvalue weighted by Crippen LogP contribution is 2.26. The van der Waals surface area contributed by atoms with E-state index in [-0.39, 0.29) is 10.5 Å². The molecular formula is C18H18N2O3S. The third-order valence-electron chi connectivity index (χ3n) is 3.94. The number of aromatic nitrogens is 1. The van der Waals surface area contributed by atoms with E-state index in [4.69, 9.17) is 0 Å². The predicted octanol–water partition coefficient (Wildman–Crippen LogP) is 3.05. The Morgan fingerprint density at radius 2 is 1.75 bits per heavy atom. The van der Waals surface area contributed by atoms with Crippen LogP contribution in [0.4, 0.5) is 5.69 Å². The Hall–Kier alpha value is -2.60. The Kier molecular flexibility index (Phi) is 4.15. The predicted molar refractivity (Wildman–Crippen MR) is 96.0 cm³/mol. The van der Waals surface area contributed by atoms with Crippen molar-refractivity contribution in [2.45, 2.75) is 18.7 Å². The van der Waals surface area contributed by atoms with Crippen LogP contribution in [0.5, 0.6) is 0 Å². The van der Waals surface area contributed by atoms with Crippen LogP contribution in [0, 0.1) is 6.92 Å². The molecule has 0 amide bonds. The number of hydrogen-bond donors (Lipinski definition) is 1. The van der Waals surface area contributed by atoms with Gasteiger partial charge >= 0.3 is 0 Å². The van der Waals surface area contributed by atoms with Gasteiger partial charge in [0, 0.05) is 23.5 Å². The number of aryl methyl sites for hydroxylation is 1. The van der Waals surface area contributed by atoms with Crippen molar-refractivity contribution in [3.8, 4) is 0 Å². The van der Waals surface area contributed by atoms with E-state index in [1.807, 2.05) is 18.2 Å². The second-order valence-electron chi connectivity index (χ2n) is 5.53. The first kappa shape index (κ1) is 16.3. The molecule has 1 heterocycles. The molecular weight excluding hydrogens is 324 g/mol. The van der Waals surface area contributed by atoms with Gasteiger partial charge in [0.25, 0.3) is 10.0 Å². The van der Waals surface area contributed by atoms with Gasteiger partial charge in [0.05, 0.1) is 10.6 Å². The van der Waals surface area contributed by atoms with E-state index in [0.717, 1.165) is 10.9 Å². The van der Waals surface area contributed by atoms with E-state index in [1.165, 1.54) is 16.4 Å². The lowest BCUT2D eigenvalue weighted by Gasteiger charge is -2.23. The molecule has 0 atom stereocenters. The maximum atomic E-state index is 13.0. The largest absolute Gasteiger partial charge is 0.322 e. The van der Waals surface area contributed by atoms with Crippen LogP contribution in [-0.4, -0.2) is 19.9 Å². The summed E-state index contributed by atoms with van der Waals surface area (Å²) in [4.78, 5) is 14.5. The zero-order valence-electron chi connectivity index (χ0n) is 13.5. The molecule has 1 N–H and O–H groups in total. The smallest absolute Gasteiger partial charge is 0.264 e. The highest BCUT2D eigenvalue weighted by atomic mass is 32.2. The maximum absolute atomic E-state index is 13.0. The summed E-state index contributed by atoms with van der Waals surface area (Å²) < 4.78 is 27.4. The Morgan fingerprint density at radius 1 is 1.04 bits per heavy atom. The summed E-state index contributed by atoms with van der Waals surface area (Å²) in [5.41, 5.74) is 1.80. The molecule has 1 aromatic heterocycles. The number of fused-ring (bicyclic) bond motifs is 1. The van der Waals surface area contributed by atoms with Crippen molar-refractivity contribution in [3.63, 3.8) is 0 Å². The van der Waals surface area contributed by atoms with Crippen molar-refractivity contribution in [1.29, 1.82) is 0 Å². The topological polar surface area (TPSA) is 70.2 Å². The number of pyridine rings is 1. The SMILES string of the molecule is CCN(c1ccccc1)S(=O)(=O)c1ccc2[nH]c(=O)cc(C)c2c1. The molecule has 2 aromatic carbocycles. The number of aromatic amines is 1. The Labute approximate surface area is 140 Å². The molecule has 124 valence electrons. The Bertz CT molecular complexity index is 1040. The lowest BCUT2D eigenvalue weighted by molar-refractivity contribution is 0.592. The summed E-state index contributed by atoms with van der Waals surface area (Å²) in [6, 6.07) is 15.2. The van der Waals surface area contributed by atoms with Gasteiger partial charge in [-0.15, -0.1) is 0 Å². The first-order chi connectivity index (χ1) is 11.4. The van der Waals surface area contributed by atoms with E-state index in [0.29, 0.717) is 17.7 Å². The summed E-state index contributed by atoms with van der Waals surface area (Å²) in [5.74, 6) is 0. The van der Waals surface area contributed by atoms with Crippen LogP contribution in [0.3, 0.4) is 0 Å². The lowest BCUT2D eigenvalue weighted by Crippen LogP contribution is -2.30. The minimum Gasteiger partial charge on any atom is -0.322 e. The van der Waals surface area contributed by atoms with Crippen LogP contribution in [0.2, 0.25) is 0 Å². The first-order valence-corrected chi connectivity index (χ1v) is 9.09. The van der Waals surface area contributed by atoms with E-state index in [2.05, 4.69) is 4.98 Å². The third kappa shape index (κ3) is 2.80. The molecule has 6 heteroatoms. The minimum absolute atomic E-state index is 0.199. The van der Waals surface area contributed by atoms with E-state index in [1.54, 1.807) is 38.1 Å². The normalized spacial score (nSPS) is 11.6. The van der Waals surface area contributed by atoms with Crippen molar-refractivity contribution in [2.24, 2.45) is 0 Å². The van der Waals surface area contributed by atoms with Crippen LogP contribution >= 0.6 is 0 Å². The van der Waals surface area contributed by atoms with Crippen LogP contribution in [-0.2, 0) is 10.0 Å². The van der Waals surface area contributed by atoms with Gasteiger partial charge in [-0.25, -0.2) is 8.42 Å². The summed E-state index contributed by atoms with van der Waals surface area (Å²) >= 11 is 0. The standard InChI is InChI=1S/C18H18N2O3S/c1-3-20(14-7-5-4-6-8-14)24(22,23)15-9-10-17-16(12-15)13(2)11-18(21)19-17/h4-12H,3H2,1-2H3,(H,19,21). The monoisotopic (exact) mass is 342 g/mol. The summed E-state index contributed by atoms with van der Waals surface area (Å²) in [5, 5.41) is 0.722. The number of benzene rings is 2. The number of H-pyrrole nitrogens is 1. The maximum Gasteiger partial charge on any atom is 0.264 e. The van der Waals surface area contributed by atoms with Gasteiger partial charge in [0.15, 0.2) is 0 Å². The van der Waals surface area contributed by atoms with Crippen molar-refractivity contribution in [1.82, 2.24) is 4.98 Å². The van der Waals surface area contributed by atoms with E-state index >= 15 is 0 Å². The Balaban J connectivity index is 2.16. The molecule has 0 saturated carbocycles. The number of nitrogens with zero attached hydrogens (tertiary/aromatic N) is 1. The fourth-order valence-corrected chi connectivity index (χ4v) is 4.28. The van der Waals surface area contributed by atoms with Gasteiger partial charge < -0.3 is 4.98 Å². The number of para-hydroxylation sites is 1. The van der Waals surface area contributed by atoms with Gasteiger partial charge in [-0.05, 0) is 49.7 Å². The van der Waals surface area contributed by atoms with Gasteiger partial charge in [-0.1, -0.05) is 18.2 Å². The molecule has 5 nitrogen and oxygen atoms in total. The van der Waals surface area contributed by atoms with Crippen LogP contribution in [0.25, 0.3) is 10.9 Å². The number of nitrogens with one attached hydrogen (secondary N) is 1. The van der Waals surface area contributed by atoms with Crippen molar-refractivity contribution in [3.05, 3.63) is 70.5 Å². The highest BCUT2D eigenvalue weighted by Gasteiger charge is 2.23. The van der Waals surface area contributed by atoms with E-state index in [9.17, 15) is 13.2 Å². The van der Waals surface area contributed by atoms with Gasteiger partial charge in [-0.3, -0.25) is 9.10 Å². The van der Waals surface area contributed by atoms with Gasteiger partial charge in [-0.2, -0.15) is 0 Å². The number of rotatable bonds is 4. The molecule has 0 radical (unpaired) electrons. The molecule has 0 spiro atoms. The van der Waals surface area contributed by atoms with Gasteiger partial charge in [0.2, 0.25) is 5.56 Å². The number of sulfonamides is 1. The molecule has 3 aromatic rings. The molecule has 24 heavy (non-hydrogen) atoms. The van der Waals surface area contributed by atoms with Crippen molar-refractivity contribution >= 4 is 26.6 Å². The van der Waals surface area contributed by atoms with E-state index < -0.39 is 10.0 Å². The zero-order valence-corrected chi connectivity index (χ0v) is 14.3. The fraction of sp³-hybridized carbons (Fsp3) is 0.167. The Morgan fingerprint density at radius 3 is 2.42 bits per heavy atom. The zero-order chi connectivity index (χ0) is 17.3. The highest BCUT2D eigenvalue weighted by molar-refractivity contribution is 7.92. The quantitative estimate of drug-likeness (QED) is 0.792.